The second-order valence-corrected chi connectivity index (χ2v) is 5.56. The fraction of sp³-hybridized carbons (Fsp3) is 1.00. The van der Waals surface area contributed by atoms with Crippen molar-refractivity contribution in [3.05, 3.63) is 0 Å². The van der Waals surface area contributed by atoms with Crippen LogP contribution in [0.4, 0.5) is 0 Å². The van der Waals surface area contributed by atoms with Crippen molar-refractivity contribution in [2.75, 3.05) is 0 Å². The van der Waals surface area contributed by atoms with Gasteiger partial charge in [0, 0.05) is 12.1 Å². The predicted molar refractivity (Wildman–Crippen MR) is 61.4 cm³/mol. The minimum atomic E-state index is 0.812. The average Bonchev–Trinajstić information content (AvgIpc) is 2.64. The highest BCUT2D eigenvalue weighted by atomic mass is 15.0. The third-order valence-electron chi connectivity index (χ3n) is 4.33. The highest BCUT2D eigenvalue weighted by molar-refractivity contribution is 4.87. The fourth-order valence-electron chi connectivity index (χ4n) is 3.37. The first kappa shape index (κ1) is 10.5. The Bertz CT molecular complexity index is 162. The molecule has 1 nitrogen and oxygen atoms in total. The first-order valence-electron chi connectivity index (χ1n) is 6.53. The largest absolute Gasteiger partial charge is 0.311 e. The smallest absolute Gasteiger partial charge is 0.0121 e. The zero-order valence-corrected chi connectivity index (χ0v) is 9.76. The van der Waals surface area contributed by atoms with Crippen LogP contribution in [-0.4, -0.2) is 12.1 Å². The molecule has 0 heterocycles. The lowest BCUT2D eigenvalue weighted by atomic mass is 9.78. The van der Waals surface area contributed by atoms with Crippen molar-refractivity contribution in [1.29, 1.82) is 0 Å². The molecule has 0 radical (unpaired) electrons. The molecule has 2 fully saturated rings. The number of hydrogen-bond donors (Lipinski definition) is 1. The summed E-state index contributed by atoms with van der Waals surface area (Å²) in [5.74, 6) is 1.80. The molecule has 82 valence electrons. The lowest BCUT2D eigenvalue weighted by Crippen LogP contribution is -2.46. The van der Waals surface area contributed by atoms with Gasteiger partial charge in [-0.05, 0) is 37.5 Å². The van der Waals surface area contributed by atoms with E-state index in [0.29, 0.717) is 0 Å². The van der Waals surface area contributed by atoms with Crippen LogP contribution in [0, 0.1) is 11.8 Å². The lowest BCUT2D eigenvalue weighted by Gasteiger charge is -2.37. The molecule has 0 bridgehead atoms. The topological polar surface area (TPSA) is 12.0 Å². The maximum absolute atomic E-state index is 3.92. The Morgan fingerprint density at radius 3 is 1.93 bits per heavy atom. The molecular weight excluding hydrogens is 170 g/mol. The molecule has 1 heteroatoms. The van der Waals surface area contributed by atoms with E-state index in [0.717, 1.165) is 23.9 Å². The highest BCUT2D eigenvalue weighted by Gasteiger charge is 2.29. The van der Waals surface area contributed by atoms with Crippen LogP contribution in [0.2, 0.25) is 0 Å². The Morgan fingerprint density at radius 1 is 0.786 bits per heavy atom. The van der Waals surface area contributed by atoms with Gasteiger partial charge in [0.25, 0.3) is 0 Å². The standard InChI is InChI=1S/C13H25N/c1-10-6-5-7-11(2)13(10)14-12-8-3-4-9-12/h10-14H,3-9H2,1-2H3. The maximum Gasteiger partial charge on any atom is 0.0121 e. The van der Waals surface area contributed by atoms with Gasteiger partial charge in [-0.1, -0.05) is 33.1 Å². The summed E-state index contributed by atoms with van der Waals surface area (Å²) in [6, 6.07) is 1.66. The van der Waals surface area contributed by atoms with Gasteiger partial charge in [-0.2, -0.15) is 0 Å². The number of nitrogens with one attached hydrogen (secondary N) is 1. The van der Waals surface area contributed by atoms with Gasteiger partial charge in [-0.25, -0.2) is 0 Å². The molecule has 0 aromatic rings. The lowest BCUT2D eigenvalue weighted by molar-refractivity contribution is 0.193. The molecule has 2 rings (SSSR count). The molecule has 2 saturated carbocycles. The van der Waals surface area contributed by atoms with Crippen molar-refractivity contribution in [1.82, 2.24) is 5.32 Å². The molecule has 0 saturated heterocycles. The normalized spacial score (nSPS) is 40.3. The third kappa shape index (κ3) is 2.31. The van der Waals surface area contributed by atoms with Gasteiger partial charge in [0.2, 0.25) is 0 Å². The summed E-state index contributed by atoms with van der Waals surface area (Å²) in [5, 5.41) is 3.92. The van der Waals surface area contributed by atoms with E-state index in [1.807, 2.05) is 0 Å². The average molecular weight is 195 g/mol. The van der Waals surface area contributed by atoms with Crippen molar-refractivity contribution in [3.63, 3.8) is 0 Å². The van der Waals surface area contributed by atoms with Crippen LogP contribution in [0.3, 0.4) is 0 Å². The van der Waals surface area contributed by atoms with Gasteiger partial charge < -0.3 is 5.32 Å². The summed E-state index contributed by atoms with van der Waals surface area (Å²) in [4.78, 5) is 0. The molecule has 0 aliphatic heterocycles. The van der Waals surface area contributed by atoms with Crippen LogP contribution in [0.15, 0.2) is 0 Å². The van der Waals surface area contributed by atoms with Crippen molar-refractivity contribution in [3.8, 4) is 0 Å². The predicted octanol–water partition coefficient (Wildman–Crippen LogP) is 3.34. The van der Waals surface area contributed by atoms with Gasteiger partial charge in [0.05, 0.1) is 0 Å². The van der Waals surface area contributed by atoms with E-state index in [-0.39, 0.29) is 0 Å². The molecule has 2 unspecified atom stereocenters. The zero-order valence-electron chi connectivity index (χ0n) is 9.76. The Labute approximate surface area is 88.7 Å². The quantitative estimate of drug-likeness (QED) is 0.712. The van der Waals surface area contributed by atoms with Crippen LogP contribution in [0.25, 0.3) is 0 Å². The maximum atomic E-state index is 3.92. The molecule has 1 N–H and O–H groups in total. The summed E-state index contributed by atoms with van der Waals surface area (Å²) < 4.78 is 0. The number of rotatable bonds is 2. The van der Waals surface area contributed by atoms with Crippen molar-refractivity contribution < 1.29 is 0 Å². The Hall–Kier alpha value is -0.0400. The molecule has 14 heavy (non-hydrogen) atoms. The van der Waals surface area contributed by atoms with E-state index in [9.17, 15) is 0 Å². The van der Waals surface area contributed by atoms with Crippen LogP contribution >= 0.6 is 0 Å². The van der Waals surface area contributed by atoms with Crippen LogP contribution in [0.1, 0.15) is 58.8 Å². The second kappa shape index (κ2) is 4.65. The van der Waals surface area contributed by atoms with Crippen LogP contribution in [0.5, 0.6) is 0 Å². The van der Waals surface area contributed by atoms with Crippen LogP contribution < -0.4 is 5.32 Å². The van der Waals surface area contributed by atoms with Crippen molar-refractivity contribution in [2.45, 2.75) is 70.9 Å². The van der Waals surface area contributed by atoms with E-state index in [1.54, 1.807) is 0 Å². The van der Waals surface area contributed by atoms with E-state index in [4.69, 9.17) is 0 Å². The molecule has 2 aliphatic rings. The number of hydrogen-bond acceptors (Lipinski definition) is 1. The SMILES string of the molecule is CC1CCCC(C)C1NC1CCCC1. The summed E-state index contributed by atoms with van der Waals surface area (Å²) in [6.07, 6.45) is 10.1. The zero-order chi connectivity index (χ0) is 9.97. The minimum Gasteiger partial charge on any atom is -0.311 e. The Balaban J connectivity index is 1.86. The third-order valence-corrected chi connectivity index (χ3v) is 4.33. The van der Waals surface area contributed by atoms with E-state index >= 15 is 0 Å². The molecule has 2 aliphatic carbocycles. The summed E-state index contributed by atoms with van der Waals surface area (Å²) in [6.45, 7) is 4.87. The monoisotopic (exact) mass is 195 g/mol. The fourth-order valence-corrected chi connectivity index (χ4v) is 3.37. The van der Waals surface area contributed by atoms with Gasteiger partial charge in [-0.3, -0.25) is 0 Å². The molecular formula is C13H25N. The molecule has 2 atom stereocenters. The van der Waals surface area contributed by atoms with Crippen molar-refractivity contribution >= 4 is 0 Å². The van der Waals surface area contributed by atoms with E-state index < -0.39 is 0 Å². The van der Waals surface area contributed by atoms with E-state index in [1.165, 1.54) is 44.9 Å². The molecule has 0 spiro atoms. The summed E-state index contributed by atoms with van der Waals surface area (Å²) >= 11 is 0. The minimum absolute atomic E-state index is 0.812. The van der Waals surface area contributed by atoms with Gasteiger partial charge in [0.15, 0.2) is 0 Å². The van der Waals surface area contributed by atoms with Gasteiger partial charge >= 0.3 is 0 Å². The summed E-state index contributed by atoms with van der Waals surface area (Å²) in [7, 11) is 0. The first-order chi connectivity index (χ1) is 6.77. The Morgan fingerprint density at radius 2 is 1.36 bits per heavy atom. The van der Waals surface area contributed by atoms with Crippen molar-refractivity contribution in [2.24, 2.45) is 11.8 Å². The molecule has 0 amide bonds. The summed E-state index contributed by atoms with van der Waals surface area (Å²) in [5.41, 5.74) is 0. The first-order valence-corrected chi connectivity index (χ1v) is 6.53. The molecule has 0 aromatic heterocycles. The highest BCUT2D eigenvalue weighted by Crippen LogP contribution is 2.30. The van der Waals surface area contributed by atoms with Gasteiger partial charge in [0.1, 0.15) is 0 Å². The second-order valence-electron chi connectivity index (χ2n) is 5.56. The van der Waals surface area contributed by atoms with Crippen LogP contribution in [-0.2, 0) is 0 Å². The van der Waals surface area contributed by atoms with Gasteiger partial charge in [-0.15, -0.1) is 0 Å². The Kier molecular flexibility index (Phi) is 3.48. The molecule has 0 aromatic carbocycles. The van der Waals surface area contributed by atoms with E-state index in [2.05, 4.69) is 19.2 Å².